The van der Waals surface area contributed by atoms with Gasteiger partial charge in [0, 0.05) is 29.1 Å². The number of aryl methyl sites for hydroxylation is 1. The Balaban J connectivity index is 1.68. The molecular formula is C17H23N3O2S. The lowest BCUT2D eigenvalue weighted by Gasteiger charge is -2.23. The molecule has 0 aromatic carbocycles. The van der Waals surface area contributed by atoms with Crippen LogP contribution in [0.2, 0.25) is 0 Å². The second kappa shape index (κ2) is 6.09. The van der Waals surface area contributed by atoms with Gasteiger partial charge in [0.2, 0.25) is 0 Å². The zero-order chi connectivity index (χ0) is 16.6. The fraction of sp³-hybridized carbons (Fsp3) is 0.529. The summed E-state index contributed by atoms with van der Waals surface area (Å²) in [5.41, 5.74) is 1.54. The minimum absolute atomic E-state index is 0.0961. The molecule has 0 radical (unpaired) electrons. The number of fused-ring (bicyclic) bond motifs is 1. The highest BCUT2D eigenvalue weighted by atomic mass is 32.1. The van der Waals surface area contributed by atoms with Gasteiger partial charge in [-0.15, -0.1) is 11.3 Å². The van der Waals surface area contributed by atoms with Gasteiger partial charge in [0.1, 0.15) is 5.60 Å². The van der Waals surface area contributed by atoms with E-state index in [1.54, 1.807) is 42.4 Å². The zero-order valence-electron chi connectivity index (χ0n) is 13.8. The molecule has 0 saturated carbocycles. The van der Waals surface area contributed by atoms with E-state index < -0.39 is 5.60 Å². The summed E-state index contributed by atoms with van der Waals surface area (Å²) in [7, 11) is 1.80. The van der Waals surface area contributed by atoms with E-state index in [9.17, 15) is 9.90 Å². The van der Waals surface area contributed by atoms with Gasteiger partial charge in [-0.05, 0) is 37.7 Å². The molecule has 3 rings (SSSR count). The highest BCUT2D eigenvalue weighted by Crippen LogP contribution is 2.32. The number of aliphatic hydroxyl groups is 1. The van der Waals surface area contributed by atoms with Gasteiger partial charge < -0.3 is 10.4 Å². The Morgan fingerprint density at radius 3 is 3.09 bits per heavy atom. The first-order chi connectivity index (χ1) is 10.9. The first kappa shape index (κ1) is 16.2. The maximum atomic E-state index is 12.5. The second-order valence-corrected chi connectivity index (χ2v) is 7.72. The molecule has 2 N–H and O–H groups in total. The van der Waals surface area contributed by atoms with Crippen LogP contribution in [0.5, 0.6) is 0 Å². The summed E-state index contributed by atoms with van der Waals surface area (Å²) in [4.78, 5) is 13.8. The van der Waals surface area contributed by atoms with E-state index in [0.717, 1.165) is 24.8 Å². The topological polar surface area (TPSA) is 67.2 Å². The lowest BCUT2D eigenvalue weighted by molar-refractivity contribution is 0.0525. The Morgan fingerprint density at radius 1 is 1.61 bits per heavy atom. The largest absolute Gasteiger partial charge is 0.383 e. The van der Waals surface area contributed by atoms with Crippen molar-refractivity contribution in [1.29, 1.82) is 0 Å². The third-order valence-electron chi connectivity index (χ3n) is 4.57. The molecule has 2 unspecified atom stereocenters. The molecule has 1 aliphatic rings. The number of aromatic nitrogens is 2. The quantitative estimate of drug-likeness (QED) is 0.902. The van der Waals surface area contributed by atoms with Crippen LogP contribution in [0.25, 0.3) is 0 Å². The van der Waals surface area contributed by atoms with Crippen molar-refractivity contribution in [2.45, 2.75) is 38.7 Å². The maximum absolute atomic E-state index is 12.5. The van der Waals surface area contributed by atoms with E-state index >= 15 is 0 Å². The van der Waals surface area contributed by atoms with Crippen LogP contribution < -0.4 is 5.32 Å². The Bertz CT molecular complexity index is 717. The number of amides is 1. The van der Waals surface area contributed by atoms with Crippen molar-refractivity contribution in [1.82, 2.24) is 15.1 Å². The molecule has 2 atom stereocenters. The van der Waals surface area contributed by atoms with Gasteiger partial charge in [-0.3, -0.25) is 9.48 Å². The van der Waals surface area contributed by atoms with Crippen LogP contribution in [0.15, 0.2) is 17.8 Å². The SMILES string of the molecule is CC1CCc2c(C(=O)NCC(C)(O)c3cnn(C)c3)csc2C1. The molecule has 2 heterocycles. The van der Waals surface area contributed by atoms with E-state index in [0.29, 0.717) is 11.5 Å². The minimum atomic E-state index is -1.13. The van der Waals surface area contributed by atoms with Gasteiger partial charge in [0.15, 0.2) is 0 Å². The summed E-state index contributed by atoms with van der Waals surface area (Å²) in [6.07, 6.45) is 6.57. The van der Waals surface area contributed by atoms with E-state index in [1.165, 1.54) is 10.4 Å². The number of carbonyl (C=O) groups excluding carboxylic acids is 1. The van der Waals surface area contributed by atoms with Crippen LogP contribution in [0.1, 0.15) is 46.6 Å². The van der Waals surface area contributed by atoms with Crippen molar-refractivity contribution < 1.29 is 9.90 Å². The Labute approximate surface area is 140 Å². The van der Waals surface area contributed by atoms with Crippen LogP contribution in [0, 0.1) is 5.92 Å². The smallest absolute Gasteiger partial charge is 0.252 e. The molecule has 1 aliphatic carbocycles. The van der Waals surface area contributed by atoms with Crippen LogP contribution in [0.4, 0.5) is 0 Å². The first-order valence-electron chi connectivity index (χ1n) is 7.96. The highest BCUT2D eigenvalue weighted by Gasteiger charge is 2.27. The van der Waals surface area contributed by atoms with Gasteiger partial charge in [0.25, 0.3) is 5.91 Å². The number of hydrogen-bond acceptors (Lipinski definition) is 4. The molecule has 5 nitrogen and oxygen atoms in total. The summed E-state index contributed by atoms with van der Waals surface area (Å²) < 4.78 is 1.64. The predicted octanol–water partition coefficient (Wildman–Crippen LogP) is 2.24. The molecule has 23 heavy (non-hydrogen) atoms. The van der Waals surface area contributed by atoms with Crippen LogP contribution >= 0.6 is 11.3 Å². The molecule has 0 saturated heterocycles. The average Bonchev–Trinajstić information content (AvgIpc) is 3.11. The molecule has 1 amide bonds. The summed E-state index contributed by atoms with van der Waals surface area (Å²) in [6.45, 7) is 4.11. The van der Waals surface area contributed by atoms with Crippen molar-refractivity contribution >= 4 is 17.2 Å². The number of rotatable bonds is 4. The predicted molar refractivity (Wildman–Crippen MR) is 90.6 cm³/mol. The van der Waals surface area contributed by atoms with Crippen molar-refractivity contribution in [2.75, 3.05) is 6.54 Å². The van der Waals surface area contributed by atoms with Crippen molar-refractivity contribution in [3.05, 3.63) is 39.3 Å². The Hall–Kier alpha value is -1.66. The third-order valence-corrected chi connectivity index (χ3v) is 5.62. The molecule has 2 aromatic rings. The molecule has 6 heteroatoms. The lowest BCUT2D eigenvalue weighted by atomic mass is 9.88. The molecular weight excluding hydrogens is 310 g/mol. The number of thiophene rings is 1. The van der Waals surface area contributed by atoms with Gasteiger partial charge in [0.05, 0.1) is 18.3 Å². The van der Waals surface area contributed by atoms with Crippen LogP contribution in [0.3, 0.4) is 0 Å². The van der Waals surface area contributed by atoms with Gasteiger partial charge in [-0.1, -0.05) is 6.92 Å². The molecule has 0 fully saturated rings. The average molecular weight is 333 g/mol. The lowest BCUT2D eigenvalue weighted by Crippen LogP contribution is -2.38. The van der Waals surface area contributed by atoms with E-state index in [4.69, 9.17) is 0 Å². The molecule has 0 spiro atoms. The Kier molecular flexibility index (Phi) is 4.29. The third kappa shape index (κ3) is 3.33. The summed E-state index contributed by atoms with van der Waals surface area (Å²) >= 11 is 1.68. The highest BCUT2D eigenvalue weighted by molar-refractivity contribution is 7.10. The van der Waals surface area contributed by atoms with Gasteiger partial charge in [-0.25, -0.2) is 0 Å². The maximum Gasteiger partial charge on any atom is 0.252 e. The second-order valence-electron chi connectivity index (χ2n) is 6.76. The molecule has 0 bridgehead atoms. The summed E-state index contributed by atoms with van der Waals surface area (Å²) in [5, 5.41) is 19.5. The van der Waals surface area contributed by atoms with Crippen molar-refractivity contribution in [2.24, 2.45) is 13.0 Å². The van der Waals surface area contributed by atoms with Crippen molar-refractivity contribution in [3.8, 4) is 0 Å². The monoisotopic (exact) mass is 333 g/mol. The molecule has 2 aromatic heterocycles. The number of nitrogens with zero attached hydrogens (tertiary/aromatic N) is 2. The van der Waals surface area contributed by atoms with E-state index in [1.807, 2.05) is 5.38 Å². The van der Waals surface area contributed by atoms with Crippen LogP contribution in [-0.4, -0.2) is 27.3 Å². The molecule has 0 aliphatic heterocycles. The standard InChI is InChI=1S/C17H23N3O2S/c1-11-4-5-13-14(9-23-15(13)6-11)16(21)18-10-17(2,22)12-7-19-20(3)8-12/h7-9,11,22H,4-6,10H2,1-3H3,(H,18,21). The number of carbonyl (C=O) groups is 1. The summed E-state index contributed by atoms with van der Waals surface area (Å²) in [5.74, 6) is 0.601. The Morgan fingerprint density at radius 2 is 2.39 bits per heavy atom. The first-order valence-corrected chi connectivity index (χ1v) is 8.83. The van der Waals surface area contributed by atoms with Crippen molar-refractivity contribution in [3.63, 3.8) is 0 Å². The van der Waals surface area contributed by atoms with Crippen LogP contribution in [-0.2, 0) is 25.5 Å². The number of hydrogen-bond donors (Lipinski definition) is 2. The van der Waals surface area contributed by atoms with Gasteiger partial charge >= 0.3 is 0 Å². The minimum Gasteiger partial charge on any atom is -0.383 e. The molecule has 124 valence electrons. The normalized spacial score (nSPS) is 19.9. The number of nitrogens with one attached hydrogen (secondary N) is 1. The van der Waals surface area contributed by atoms with Gasteiger partial charge in [-0.2, -0.15) is 5.10 Å². The summed E-state index contributed by atoms with van der Waals surface area (Å²) in [6, 6.07) is 0. The van der Waals surface area contributed by atoms with E-state index in [-0.39, 0.29) is 12.5 Å². The zero-order valence-corrected chi connectivity index (χ0v) is 14.6. The van der Waals surface area contributed by atoms with E-state index in [2.05, 4.69) is 17.3 Å². The fourth-order valence-corrected chi connectivity index (χ4v) is 4.26. The fourth-order valence-electron chi connectivity index (χ4n) is 3.02.